The van der Waals surface area contributed by atoms with Crippen LogP contribution in [-0.4, -0.2) is 0 Å². The van der Waals surface area contributed by atoms with Crippen LogP contribution in [0.15, 0.2) is 356 Å². The fraction of sp³-hybridized carbons (Fsp3) is 0.250. The van der Waals surface area contributed by atoms with Crippen LogP contribution in [0.2, 0.25) is 0 Å². The Bertz CT molecular complexity index is 9770. The summed E-state index contributed by atoms with van der Waals surface area (Å²) in [5.74, 6) is 13.7. The van der Waals surface area contributed by atoms with Crippen LogP contribution in [0.25, 0.3) is 226 Å². The Hall–Kier alpha value is -13.8. The average molecular weight is 1920 g/mol. The van der Waals surface area contributed by atoms with E-state index < -0.39 is 0 Å². The molecule has 1 nitrogen and oxygen atoms in total. The lowest BCUT2D eigenvalue weighted by Gasteiger charge is -2.38. The largest absolute Gasteiger partial charge is 0.456 e. The second kappa shape index (κ2) is 32.4. The molecule has 8 unspecified atom stereocenters. The molecule has 0 spiro atoms. The van der Waals surface area contributed by atoms with Crippen molar-refractivity contribution in [1.29, 1.82) is 0 Å². The van der Waals surface area contributed by atoms with Crippen molar-refractivity contribution in [3.05, 3.63) is 396 Å². The van der Waals surface area contributed by atoms with Crippen molar-refractivity contribution in [2.75, 3.05) is 0 Å². The number of hydrogen-bond donors (Lipinski definition) is 0. The highest BCUT2D eigenvalue weighted by Crippen LogP contribution is 2.64. The van der Waals surface area contributed by atoms with Crippen LogP contribution >= 0.6 is 22.7 Å². The van der Waals surface area contributed by atoms with Gasteiger partial charge in [0.1, 0.15) is 11.2 Å². The first-order valence-electron chi connectivity index (χ1n) is 56.0. The molecule has 147 heavy (non-hydrogen) atoms. The highest BCUT2D eigenvalue weighted by Gasteiger charge is 2.48. The molecule has 3 heteroatoms. The van der Waals surface area contributed by atoms with Crippen molar-refractivity contribution >= 4 is 182 Å². The van der Waals surface area contributed by atoms with Gasteiger partial charge in [-0.05, 0) is 559 Å². The molecular weight excluding hydrogens is 1810 g/mol. The van der Waals surface area contributed by atoms with E-state index in [0.717, 1.165) is 106 Å². The van der Waals surface area contributed by atoms with E-state index >= 15 is 0 Å². The summed E-state index contributed by atoms with van der Waals surface area (Å²) in [5, 5.41) is 33.3. The second-order valence-electron chi connectivity index (χ2n) is 48.3. The maximum Gasteiger partial charge on any atom is 0.136 e. The van der Waals surface area contributed by atoms with Crippen molar-refractivity contribution in [3.8, 4) is 66.8 Å². The van der Waals surface area contributed by atoms with E-state index in [4.69, 9.17) is 4.42 Å². The normalized spacial score (nSPS) is 24.5. The fourth-order valence-electron chi connectivity index (χ4n) is 34.5. The number of thiophene rings is 2. The number of benzene rings is 21. The molecule has 0 amide bonds. The van der Waals surface area contributed by atoms with Crippen LogP contribution in [0, 0.1) is 47.3 Å². The lowest BCUT2D eigenvalue weighted by atomic mass is 9.67. The predicted molar refractivity (Wildman–Crippen MR) is 625 cm³/mol. The molecule has 3 aromatic heterocycles. The van der Waals surface area contributed by atoms with Gasteiger partial charge in [0.05, 0.1) is 0 Å². The number of hydrogen-bond acceptors (Lipinski definition) is 3. The monoisotopic (exact) mass is 1920 g/mol. The van der Waals surface area contributed by atoms with Gasteiger partial charge in [-0.3, -0.25) is 0 Å². The quantitative estimate of drug-likeness (QED) is 0.151. The maximum absolute atomic E-state index is 6.23. The first kappa shape index (κ1) is 84.3. The fourth-order valence-corrected chi connectivity index (χ4v) is 36.7. The molecule has 3 heterocycles. The molecule has 16 aliphatic carbocycles. The van der Waals surface area contributed by atoms with Crippen LogP contribution in [0.4, 0.5) is 0 Å². The van der Waals surface area contributed by atoms with Crippen molar-refractivity contribution in [3.63, 3.8) is 0 Å². The molecule has 0 saturated heterocycles. The van der Waals surface area contributed by atoms with Gasteiger partial charge in [-0.15, -0.1) is 22.7 Å². The summed E-state index contributed by atoms with van der Waals surface area (Å²) in [7, 11) is 0. The molecule has 8 atom stereocenters. The SMILES string of the molecule is c1cc(-c2ccc3c(c2)c2ccccc2c2cc4c(cc32)C2CC3CC(CC4C3)C2)cc(-c2cccc3oc4ccccc4c23)c1.c1cc(-c2ccc3sc4cc5c(cc4c3c2)C2CC3CC(CC5C3)C2)cc(-c2ccc3c(c2)c2ccccc2c2cc4c(cc32)C2CC3CC(CC4C3)C2)c1.c1cc(-c2ccc3sc4ccccc4c3c2)cc(-c2ccc3c(c2)c2ccccc2c2cc4c(cc32)C2CC3CC(CC4C3)C2)c1. The summed E-state index contributed by atoms with van der Waals surface area (Å²) in [6, 6.07) is 136. The molecule has 16 bridgehead atoms. The molecule has 8 saturated carbocycles. The molecule has 0 N–H and O–H groups in total. The Morgan fingerprint density at radius 1 is 0.143 bits per heavy atom. The molecule has 24 aromatic rings. The van der Waals surface area contributed by atoms with Gasteiger partial charge < -0.3 is 4.42 Å². The highest BCUT2D eigenvalue weighted by molar-refractivity contribution is 7.26. The molecule has 21 aromatic carbocycles. The van der Waals surface area contributed by atoms with Gasteiger partial charge >= 0.3 is 0 Å². The Labute approximate surface area is 865 Å². The smallest absolute Gasteiger partial charge is 0.136 e. The van der Waals surface area contributed by atoms with Crippen LogP contribution in [0.5, 0.6) is 0 Å². The molecule has 0 aliphatic heterocycles. The van der Waals surface area contributed by atoms with Gasteiger partial charge in [0.2, 0.25) is 0 Å². The van der Waals surface area contributed by atoms with Gasteiger partial charge in [0, 0.05) is 51.1 Å². The van der Waals surface area contributed by atoms with E-state index in [9.17, 15) is 0 Å². The first-order valence-corrected chi connectivity index (χ1v) is 57.7. The van der Waals surface area contributed by atoms with Crippen molar-refractivity contribution in [2.45, 2.75) is 176 Å². The van der Waals surface area contributed by atoms with Gasteiger partial charge in [0.15, 0.2) is 0 Å². The van der Waals surface area contributed by atoms with Crippen LogP contribution in [0.3, 0.4) is 0 Å². The zero-order valence-corrected chi connectivity index (χ0v) is 84.7. The summed E-state index contributed by atoms with van der Waals surface area (Å²) in [6.45, 7) is 0. The number of rotatable bonds is 6. The maximum atomic E-state index is 6.23. The predicted octanol–water partition coefficient (Wildman–Crippen LogP) is 41.6. The lowest BCUT2D eigenvalue weighted by Crippen LogP contribution is -2.25. The summed E-state index contributed by atoms with van der Waals surface area (Å²) < 4.78 is 11.9. The minimum absolute atomic E-state index is 0.746. The minimum Gasteiger partial charge on any atom is -0.456 e. The van der Waals surface area contributed by atoms with Crippen molar-refractivity contribution in [2.24, 2.45) is 47.3 Å². The van der Waals surface area contributed by atoms with Crippen LogP contribution in [0.1, 0.15) is 220 Å². The summed E-state index contributed by atoms with van der Waals surface area (Å²) >= 11 is 3.89. The van der Waals surface area contributed by atoms with E-state index in [1.165, 1.54) is 343 Å². The second-order valence-corrected chi connectivity index (χ2v) is 50.5. The minimum atomic E-state index is 0.746. The topological polar surface area (TPSA) is 13.1 Å². The Kier molecular flexibility index (Phi) is 18.5. The lowest BCUT2D eigenvalue weighted by molar-refractivity contribution is 0.165. The zero-order valence-electron chi connectivity index (χ0n) is 83.1. The average Bonchev–Trinajstić information content (AvgIpc) is 1.59. The van der Waals surface area contributed by atoms with E-state index in [1.54, 1.807) is 44.5 Å². The van der Waals surface area contributed by atoms with Gasteiger partial charge in [0.25, 0.3) is 0 Å². The molecule has 8 fully saturated rings. The van der Waals surface area contributed by atoms with Gasteiger partial charge in [-0.2, -0.15) is 0 Å². The van der Waals surface area contributed by atoms with Crippen molar-refractivity contribution in [1.82, 2.24) is 0 Å². The Balaban J connectivity index is 0.0000000950. The van der Waals surface area contributed by atoms with Gasteiger partial charge in [-0.1, -0.05) is 224 Å². The number of furan rings is 1. The summed E-state index contributed by atoms with van der Waals surface area (Å²) in [6.07, 6.45) is 28.6. The molecule has 0 radical (unpaired) electrons. The van der Waals surface area contributed by atoms with Gasteiger partial charge in [-0.25, -0.2) is 0 Å². The zero-order chi connectivity index (χ0) is 95.4. The van der Waals surface area contributed by atoms with Crippen molar-refractivity contribution < 1.29 is 4.42 Å². The van der Waals surface area contributed by atoms with E-state index in [1.807, 2.05) is 28.7 Å². The number of para-hydroxylation sites is 1. The Morgan fingerprint density at radius 2 is 0.374 bits per heavy atom. The van der Waals surface area contributed by atoms with E-state index in [2.05, 4.69) is 346 Å². The van der Waals surface area contributed by atoms with E-state index in [0.29, 0.717) is 0 Å². The third kappa shape index (κ3) is 13.3. The first-order chi connectivity index (χ1) is 72.6. The molecule has 16 aliphatic rings. The van der Waals surface area contributed by atoms with Crippen LogP contribution in [-0.2, 0) is 0 Å². The van der Waals surface area contributed by atoms with Crippen LogP contribution < -0.4 is 0 Å². The third-order valence-corrected chi connectivity index (χ3v) is 42.5. The number of fused-ring (bicyclic) bond motifs is 27. The molecule has 40 rings (SSSR count). The Morgan fingerprint density at radius 3 is 0.735 bits per heavy atom. The molecule has 708 valence electrons. The highest BCUT2D eigenvalue weighted by atomic mass is 32.1. The standard InChI is InChI=1S/C54H46S.C45H34O.C45H34S/c1-2-7-42-41(6-1)48-23-35(8-10-43(48)50-26-45-38-16-29-12-30(17-38)15-37(14-29)44(45)25-49(42)50)33-4-3-5-34(22-33)36-9-11-53-51(24-36)52-27-46-39-18-31-13-32(19-39)21-40(20-31)47(46)28-54(52)55-53;1-2-10-35-34(9-1)40-23-29(28-7-5-8-30(22-28)33-12-6-14-44-45(33)37-11-3-4-13-43(37)46-44)15-16-36(40)42-25-39-32-20-26-17-27(21-32)19-31(18-26)38(39)24-41(35)42;1-2-9-35-34(8-1)40-22-30(28-6-5-7-29(21-28)31-13-15-45-43(23-31)37-10-3-4-11-44(37)46-45)12-14-36(40)42-25-39-33-19-26-16-27(20-33)18-32(17-26)38(39)24-41(35)42/h1-11,22-32,37-40H,12-21H2;1-16,22-27,31-32H,17-21H2;1-15,21-27,32-33H,16-20H2. The third-order valence-electron chi connectivity index (χ3n) is 40.2. The van der Waals surface area contributed by atoms with E-state index in [-0.39, 0.29) is 0 Å². The molecular formula is C144H114OS2. The summed E-state index contributed by atoms with van der Waals surface area (Å²) in [4.78, 5) is 0. The summed E-state index contributed by atoms with van der Waals surface area (Å²) in [5.41, 5.74) is 30.7.